The number of carbonyl (C=O) groups is 1. The Morgan fingerprint density at radius 3 is 3.23 bits per heavy atom. The van der Waals surface area contributed by atoms with Crippen LogP contribution in [-0.4, -0.2) is 24.8 Å². The number of esters is 1. The van der Waals surface area contributed by atoms with Gasteiger partial charge < -0.3 is 9.47 Å². The molecule has 0 spiro atoms. The van der Waals surface area contributed by atoms with Crippen molar-refractivity contribution >= 4 is 5.97 Å². The zero-order valence-corrected chi connectivity index (χ0v) is 7.40. The summed E-state index contributed by atoms with van der Waals surface area (Å²) in [5.41, 5.74) is 0. The van der Waals surface area contributed by atoms with Crippen LogP contribution in [0.3, 0.4) is 0 Å². The Kier molecular flexibility index (Phi) is 3.47. The molecule has 0 bridgehead atoms. The van der Waals surface area contributed by atoms with Crippen LogP contribution in [0.25, 0.3) is 0 Å². The quantitative estimate of drug-likeness (QED) is 0.466. The minimum atomic E-state index is -0.412. The van der Waals surface area contributed by atoms with Gasteiger partial charge >= 0.3 is 5.97 Å². The molecule has 0 fully saturated rings. The van der Waals surface area contributed by atoms with Crippen LogP contribution in [0.1, 0.15) is 13.3 Å². The molecule has 13 heavy (non-hydrogen) atoms. The third-order valence-corrected chi connectivity index (χ3v) is 1.63. The molecule has 1 heterocycles. The van der Waals surface area contributed by atoms with Crippen molar-refractivity contribution in [2.45, 2.75) is 25.6 Å². The third kappa shape index (κ3) is 3.26. The van der Waals surface area contributed by atoms with E-state index in [-0.39, 0.29) is 18.7 Å². The van der Waals surface area contributed by atoms with Gasteiger partial charge in [0.25, 0.3) is 0 Å². The van der Waals surface area contributed by atoms with Crippen molar-refractivity contribution in [1.82, 2.24) is 0 Å². The van der Waals surface area contributed by atoms with Crippen molar-refractivity contribution in [3.63, 3.8) is 0 Å². The van der Waals surface area contributed by atoms with Crippen LogP contribution in [0, 0.1) is 11.3 Å². The Balaban J connectivity index is 2.35. The summed E-state index contributed by atoms with van der Waals surface area (Å²) in [6, 6.07) is 2.01. The molecule has 4 nitrogen and oxygen atoms in total. The summed E-state index contributed by atoms with van der Waals surface area (Å²) in [4.78, 5) is 10.5. The lowest BCUT2D eigenvalue weighted by atomic mass is 10.1. The van der Waals surface area contributed by atoms with E-state index in [4.69, 9.17) is 14.7 Å². The molecule has 0 radical (unpaired) electrons. The van der Waals surface area contributed by atoms with Crippen LogP contribution in [0.5, 0.6) is 0 Å². The summed E-state index contributed by atoms with van der Waals surface area (Å²) in [5.74, 6) is -0.337. The highest BCUT2D eigenvalue weighted by molar-refractivity contribution is 5.65. The van der Waals surface area contributed by atoms with E-state index in [2.05, 4.69) is 0 Å². The summed E-state index contributed by atoms with van der Waals surface area (Å²) in [6.07, 6.45) is 3.59. The summed E-state index contributed by atoms with van der Waals surface area (Å²) < 4.78 is 10.0. The smallest absolute Gasteiger partial charge is 0.302 e. The Morgan fingerprint density at radius 1 is 1.85 bits per heavy atom. The van der Waals surface area contributed by atoms with Crippen LogP contribution in [0.2, 0.25) is 0 Å². The van der Waals surface area contributed by atoms with Crippen LogP contribution in [0.15, 0.2) is 12.2 Å². The van der Waals surface area contributed by atoms with E-state index >= 15 is 0 Å². The number of ether oxygens (including phenoxy) is 2. The van der Waals surface area contributed by atoms with Crippen LogP contribution < -0.4 is 0 Å². The molecule has 0 amide bonds. The molecule has 0 aromatic rings. The van der Waals surface area contributed by atoms with Crippen molar-refractivity contribution in [2.75, 3.05) is 6.61 Å². The lowest BCUT2D eigenvalue weighted by Crippen LogP contribution is -2.27. The highest BCUT2D eigenvalue weighted by Gasteiger charge is 2.18. The van der Waals surface area contributed by atoms with Crippen LogP contribution in [0.4, 0.5) is 0 Å². The molecule has 1 aliphatic heterocycles. The van der Waals surface area contributed by atoms with Gasteiger partial charge in [-0.25, -0.2) is 0 Å². The van der Waals surface area contributed by atoms with Gasteiger partial charge in [-0.1, -0.05) is 12.2 Å². The fourth-order valence-electron chi connectivity index (χ4n) is 1.04. The molecule has 0 unspecified atom stereocenters. The Labute approximate surface area is 76.7 Å². The first-order valence-corrected chi connectivity index (χ1v) is 4.07. The van der Waals surface area contributed by atoms with Crippen LogP contribution >= 0.6 is 0 Å². The number of hydrogen-bond donors (Lipinski definition) is 0. The monoisotopic (exact) mass is 181 g/mol. The van der Waals surface area contributed by atoms with E-state index in [0.29, 0.717) is 6.42 Å². The minimum Gasteiger partial charge on any atom is -0.463 e. The number of carbonyl (C=O) groups excluding carboxylic acids is 1. The molecule has 0 saturated heterocycles. The molecule has 0 aromatic heterocycles. The molecule has 1 aliphatic rings. The van der Waals surface area contributed by atoms with E-state index < -0.39 is 6.10 Å². The maximum atomic E-state index is 10.5. The van der Waals surface area contributed by atoms with E-state index in [0.717, 1.165) is 0 Å². The van der Waals surface area contributed by atoms with Gasteiger partial charge in [0, 0.05) is 13.3 Å². The second kappa shape index (κ2) is 4.63. The second-order valence-electron chi connectivity index (χ2n) is 2.76. The molecule has 1 rings (SSSR count). The normalized spacial score (nSPS) is 26.5. The van der Waals surface area contributed by atoms with Gasteiger partial charge in [0.05, 0.1) is 6.07 Å². The number of nitrogens with zero attached hydrogens (tertiary/aromatic N) is 1. The van der Waals surface area contributed by atoms with Gasteiger partial charge in [-0.15, -0.1) is 0 Å². The lowest BCUT2D eigenvalue weighted by Gasteiger charge is -2.20. The summed E-state index contributed by atoms with van der Waals surface area (Å²) in [7, 11) is 0. The van der Waals surface area contributed by atoms with Gasteiger partial charge in [0.15, 0.2) is 0 Å². The standard InChI is InChI=1S/C9H11NO3/c1-7(11)12-6-9-4-2-3-8(5-10)13-9/h2,4,8-9H,3,6H2,1H3/t8-,9+/m1/s1. The van der Waals surface area contributed by atoms with Crippen LogP contribution in [-0.2, 0) is 14.3 Å². The second-order valence-corrected chi connectivity index (χ2v) is 2.76. The molecule has 0 saturated carbocycles. The van der Waals surface area contributed by atoms with Crippen molar-refractivity contribution in [2.24, 2.45) is 0 Å². The van der Waals surface area contributed by atoms with Crippen molar-refractivity contribution in [1.29, 1.82) is 5.26 Å². The molecular formula is C9H11NO3. The number of rotatable bonds is 2. The van der Waals surface area contributed by atoms with Gasteiger partial charge in [0.1, 0.15) is 18.8 Å². The average Bonchev–Trinajstić information content (AvgIpc) is 2.15. The largest absolute Gasteiger partial charge is 0.463 e. The molecule has 4 heteroatoms. The summed E-state index contributed by atoms with van der Waals surface area (Å²) >= 11 is 0. The molecular weight excluding hydrogens is 170 g/mol. The van der Waals surface area contributed by atoms with E-state index in [1.54, 1.807) is 6.08 Å². The van der Waals surface area contributed by atoms with Crippen molar-refractivity contribution in [3.05, 3.63) is 12.2 Å². The van der Waals surface area contributed by atoms with E-state index in [1.807, 2.05) is 12.1 Å². The fraction of sp³-hybridized carbons (Fsp3) is 0.556. The molecule has 0 aliphatic carbocycles. The third-order valence-electron chi connectivity index (χ3n) is 1.63. The average molecular weight is 181 g/mol. The number of nitriles is 1. The predicted octanol–water partition coefficient (Wildman–Crippen LogP) is 0.787. The SMILES string of the molecule is CC(=O)OC[C@@H]1C=CC[C@H](C#N)O1. The Morgan fingerprint density at radius 2 is 2.62 bits per heavy atom. The topological polar surface area (TPSA) is 59.3 Å². The zero-order valence-electron chi connectivity index (χ0n) is 7.40. The molecule has 2 atom stereocenters. The van der Waals surface area contributed by atoms with Crippen molar-refractivity contribution in [3.8, 4) is 6.07 Å². The lowest BCUT2D eigenvalue weighted by molar-refractivity contribution is -0.144. The Bertz CT molecular complexity index is 254. The van der Waals surface area contributed by atoms with Gasteiger partial charge in [-0.3, -0.25) is 4.79 Å². The molecule has 0 aromatic carbocycles. The van der Waals surface area contributed by atoms with E-state index in [1.165, 1.54) is 6.92 Å². The molecule has 0 N–H and O–H groups in total. The summed E-state index contributed by atoms with van der Waals surface area (Å²) in [6.45, 7) is 1.53. The Hall–Kier alpha value is -1.34. The summed E-state index contributed by atoms with van der Waals surface area (Å²) in [5, 5.41) is 8.57. The highest BCUT2D eigenvalue weighted by Crippen LogP contribution is 2.11. The van der Waals surface area contributed by atoms with Gasteiger partial charge in [0.2, 0.25) is 0 Å². The first-order chi connectivity index (χ1) is 6.22. The highest BCUT2D eigenvalue weighted by atomic mass is 16.6. The first kappa shape index (κ1) is 9.75. The zero-order chi connectivity index (χ0) is 9.68. The van der Waals surface area contributed by atoms with Gasteiger partial charge in [-0.05, 0) is 0 Å². The maximum absolute atomic E-state index is 10.5. The van der Waals surface area contributed by atoms with Gasteiger partial charge in [-0.2, -0.15) is 5.26 Å². The number of hydrogen-bond acceptors (Lipinski definition) is 4. The minimum absolute atomic E-state index is 0.185. The van der Waals surface area contributed by atoms with E-state index in [9.17, 15) is 4.79 Å². The predicted molar refractivity (Wildman–Crippen MR) is 44.7 cm³/mol. The fourth-order valence-corrected chi connectivity index (χ4v) is 1.04. The molecule has 70 valence electrons. The maximum Gasteiger partial charge on any atom is 0.302 e. The van der Waals surface area contributed by atoms with Crippen molar-refractivity contribution < 1.29 is 14.3 Å². The first-order valence-electron chi connectivity index (χ1n) is 4.07.